The molecule has 2 aromatic rings. The summed E-state index contributed by atoms with van der Waals surface area (Å²) < 4.78 is 0. The maximum absolute atomic E-state index is 10.9. The van der Waals surface area contributed by atoms with E-state index in [0.29, 0.717) is 11.5 Å². The van der Waals surface area contributed by atoms with Crippen molar-refractivity contribution in [1.82, 2.24) is 0 Å². The first-order chi connectivity index (χ1) is 14.2. The fraction of sp³-hybridized carbons (Fsp3) is 0.600. The van der Waals surface area contributed by atoms with Crippen molar-refractivity contribution in [2.45, 2.75) is 118 Å². The van der Waals surface area contributed by atoms with Crippen molar-refractivity contribution in [2.24, 2.45) is 0 Å². The van der Waals surface area contributed by atoms with Crippen LogP contribution in [0.3, 0.4) is 0 Å². The molecule has 2 N–H and O–H groups in total. The van der Waals surface area contributed by atoms with Crippen molar-refractivity contribution >= 4 is 0 Å². The zero-order chi connectivity index (χ0) is 25.0. The lowest BCUT2D eigenvalue weighted by atomic mass is 9.67. The summed E-state index contributed by atoms with van der Waals surface area (Å²) in [5, 5.41) is 21.8. The molecule has 0 spiro atoms. The molecule has 0 unspecified atom stereocenters. The molecule has 0 aliphatic rings. The molecule has 0 bridgehead atoms. The smallest absolute Gasteiger partial charge is 0.119 e. The summed E-state index contributed by atoms with van der Waals surface area (Å²) in [6.45, 7) is 28.7. The number of hydrogen-bond donors (Lipinski definition) is 2. The van der Waals surface area contributed by atoms with E-state index < -0.39 is 0 Å². The van der Waals surface area contributed by atoms with Gasteiger partial charge in [-0.15, -0.1) is 0 Å². The minimum atomic E-state index is -0.180. The second-order valence-electron chi connectivity index (χ2n) is 13.6. The van der Waals surface area contributed by atoms with Crippen LogP contribution in [0.15, 0.2) is 24.3 Å². The van der Waals surface area contributed by atoms with E-state index in [4.69, 9.17) is 0 Å². The molecule has 0 saturated carbocycles. The lowest BCUT2D eigenvalue weighted by molar-refractivity contribution is 0.431. The fourth-order valence-electron chi connectivity index (χ4n) is 5.24. The number of phenols is 2. The van der Waals surface area contributed by atoms with Crippen LogP contribution in [-0.2, 0) is 21.7 Å². The van der Waals surface area contributed by atoms with E-state index in [-0.39, 0.29) is 27.6 Å². The van der Waals surface area contributed by atoms with Crippen LogP contribution in [-0.4, -0.2) is 10.2 Å². The molecule has 0 heterocycles. The van der Waals surface area contributed by atoms with Crippen molar-refractivity contribution in [3.8, 4) is 11.5 Å². The average molecular weight is 439 g/mol. The van der Waals surface area contributed by atoms with Gasteiger partial charge < -0.3 is 10.2 Å². The monoisotopic (exact) mass is 438 g/mol. The minimum Gasteiger partial charge on any atom is -0.508 e. The summed E-state index contributed by atoms with van der Waals surface area (Å²) in [4.78, 5) is 0. The van der Waals surface area contributed by atoms with Crippen LogP contribution in [0.1, 0.15) is 129 Å². The van der Waals surface area contributed by atoms with Gasteiger partial charge in [-0.2, -0.15) is 0 Å². The van der Waals surface area contributed by atoms with Gasteiger partial charge in [0.2, 0.25) is 0 Å². The highest BCUT2D eigenvalue weighted by Gasteiger charge is 2.35. The SMILES string of the molecule is CC(c1ccc(O)c(C(C)(C)C)c1C(C)(C)C)c1ccc(O)c(C(C)(C)C)c1C(C)(C)C. The van der Waals surface area contributed by atoms with Crippen molar-refractivity contribution < 1.29 is 10.2 Å². The van der Waals surface area contributed by atoms with Gasteiger partial charge >= 0.3 is 0 Å². The van der Waals surface area contributed by atoms with E-state index in [0.717, 1.165) is 11.1 Å². The maximum Gasteiger partial charge on any atom is 0.119 e. The number of benzene rings is 2. The van der Waals surface area contributed by atoms with Crippen molar-refractivity contribution in [3.05, 3.63) is 57.6 Å². The lowest BCUT2D eigenvalue weighted by Gasteiger charge is -2.37. The van der Waals surface area contributed by atoms with Crippen LogP contribution >= 0.6 is 0 Å². The van der Waals surface area contributed by atoms with Crippen LogP contribution < -0.4 is 0 Å². The number of phenolic OH excluding ortho intramolecular Hbond substituents is 2. The molecule has 2 nitrogen and oxygen atoms in total. The Morgan fingerprint density at radius 3 is 0.938 bits per heavy atom. The molecule has 2 heteroatoms. The standard InChI is InChI=1S/C30H46O2/c1-18(19-14-16-21(31)25(29(8,9)10)23(19)27(2,3)4)20-15-17-22(32)26(30(11,12)13)24(20)28(5,6)7/h14-18,31-32H,1-13H3. The summed E-state index contributed by atoms with van der Waals surface area (Å²) in [7, 11) is 0. The van der Waals surface area contributed by atoms with Crippen molar-refractivity contribution in [1.29, 1.82) is 0 Å². The summed E-state index contributed by atoms with van der Waals surface area (Å²) >= 11 is 0. The van der Waals surface area contributed by atoms with Gasteiger partial charge in [-0.3, -0.25) is 0 Å². The summed E-state index contributed by atoms with van der Waals surface area (Å²) in [6, 6.07) is 7.94. The third-order valence-electron chi connectivity index (χ3n) is 6.36. The van der Waals surface area contributed by atoms with Crippen molar-refractivity contribution in [3.63, 3.8) is 0 Å². The van der Waals surface area contributed by atoms with Gasteiger partial charge in [-0.05, 0) is 56.0 Å². The number of aromatic hydroxyl groups is 2. The Kier molecular flexibility index (Phi) is 6.67. The quantitative estimate of drug-likeness (QED) is 0.494. The Balaban J connectivity index is 2.99. The van der Waals surface area contributed by atoms with Crippen LogP contribution in [0.25, 0.3) is 0 Å². The zero-order valence-electron chi connectivity index (χ0n) is 22.8. The Morgan fingerprint density at radius 2 is 0.719 bits per heavy atom. The van der Waals surface area contributed by atoms with Crippen LogP contribution in [0.4, 0.5) is 0 Å². The molecule has 2 rings (SSSR count). The second-order valence-corrected chi connectivity index (χ2v) is 13.6. The molecule has 0 saturated heterocycles. The summed E-state index contributed by atoms with van der Waals surface area (Å²) in [6.07, 6.45) is 0. The third-order valence-corrected chi connectivity index (χ3v) is 6.36. The van der Waals surface area contributed by atoms with Gasteiger partial charge in [0, 0.05) is 17.0 Å². The van der Waals surface area contributed by atoms with E-state index in [1.54, 1.807) is 0 Å². The highest BCUT2D eigenvalue weighted by atomic mass is 16.3. The third kappa shape index (κ3) is 5.00. The largest absolute Gasteiger partial charge is 0.508 e. The molecule has 0 radical (unpaired) electrons. The van der Waals surface area contributed by atoms with Gasteiger partial charge in [0.05, 0.1) is 0 Å². The average Bonchev–Trinajstić information content (AvgIpc) is 2.56. The van der Waals surface area contributed by atoms with E-state index in [1.807, 2.05) is 12.1 Å². The Bertz CT molecular complexity index is 902. The minimum absolute atomic E-state index is 0.113. The second kappa shape index (κ2) is 8.12. The van der Waals surface area contributed by atoms with Gasteiger partial charge in [-0.1, -0.05) is 102 Å². The van der Waals surface area contributed by atoms with Crippen LogP contribution in [0.2, 0.25) is 0 Å². The van der Waals surface area contributed by atoms with E-state index in [1.165, 1.54) is 22.3 Å². The molecule has 0 aromatic heterocycles. The first-order valence-corrected chi connectivity index (χ1v) is 11.9. The first kappa shape index (κ1) is 26.3. The predicted octanol–water partition coefficient (Wildman–Crippen LogP) is 8.44. The molecule has 0 atom stereocenters. The summed E-state index contributed by atoms with van der Waals surface area (Å²) in [5.41, 5.74) is 6.38. The van der Waals surface area contributed by atoms with Crippen LogP contribution in [0, 0.1) is 0 Å². The van der Waals surface area contributed by atoms with Crippen molar-refractivity contribution in [2.75, 3.05) is 0 Å². The van der Waals surface area contributed by atoms with Gasteiger partial charge in [0.25, 0.3) is 0 Å². The molecule has 178 valence electrons. The fourth-order valence-corrected chi connectivity index (χ4v) is 5.24. The molecular weight excluding hydrogens is 392 g/mol. The number of hydrogen-bond acceptors (Lipinski definition) is 2. The molecule has 0 aliphatic carbocycles. The maximum atomic E-state index is 10.9. The molecule has 0 aliphatic heterocycles. The first-order valence-electron chi connectivity index (χ1n) is 11.9. The van der Waals surface area contributed by atoms with Gasteiger partial charge in [0.15, 0.2) is 0 Å². The highest BCUT2D eigenvalue weighted by Crippen LogP contribution is 2.48. The van der Waals surface area contributed by atoms with E-state index in [2.05, 4.69) is 102 Å². The van der Waals surface area contributed by atoms with E-state index >= 15 is 0 Å². The lowest BCUT2D eigenvalue weighted by Crippen LogP contribution is -2.27. The molecular formula is C30H46O2. The zero-order valence-corrected chi connectivity index (χ0v) is 22.8. The van der Waals surface area contributed by atoms with Gasteiger partial charge in [-0.25, -0.2) is 0 Å². The molecule has 0 amide bonds. The normalized spacial score (nSPS) is 13.7. The predicted molar refractivity (Wildman–Crippen MR) is 139 cm³/mol. The molecule has 2 aromatic carbocycles. The number of rotatable bonds is 2. The Morgan fingerprint density at radius 1 is 0.469 bits per heavy atom. The topological polar surface area (TPSA) is 40.5 Å². The highest BCUT2D eigenvalue weighted by molar-refractivity contribution is 5.58. The Hall–Kier alpha value is -1.96. The molecule has 0 fully saturated rings. The Labute approximate surface area is 197 Å². The van der Waals surface area contributed by atoms with Crippen LogP contribution in [0.5, 0.6) is 11.5 Å². The summed E-state index contributed by atoms with van der Waals surface area (Å²) in [5.74, 6) is 0.855. The van der Waals surface area contributed by atoms with Gasteiger partial charge in [0.1, 0.15) is 11.5 Å². The van der Waals surface area contributed by atoms with E-state index in [9.17, 15) is 10.2 Å². The molecule has 32 heavy (non-hydrogen) atoms.